The smallest absolute Gasteiger partial charge is 0.338 e. The zero-order valence-electron chi connectivity index (χ0n) is 15.2. The van der Waals surface area contributed by atoms with Gasteiger partial charge in [-0.15, -0.1) is 0 Å². The number of fused-ring (bicyclic) bond motifs is 1. The highest BCUT2D eigenvalue weighted by atomic mass is 35.5. The third-order valence-corrected chi connectivity index (χ3v) is 4.75. The lowest BCUT2D eigenvalue weighted by atomic mass is 10.2. The molecule has 5 heteroatoms. The van der Waals surface area contributed by atoms with E-state index in [1.807, 2.05) is 36.4 Å². The predicted octanol–water partition coefficient (Wildman–Crippen LogP) is 5.26. The number of benzene rings is 2. The molecule has 0 unspecified atom stereocenters. The van der Waals surface area contributed by atoms with E-state index in [9.17, 15) is 4.79 Å². The SMILES string of the molecule is CCCCc1nc2cc(C(=O)OCC)ccc2n1Cc1ccccc1Cl. The van der Waals surface area contributed by atoms with E-state index in [0.717, 1.165) is 46.7 Å². The minimum absolute atomic E-state index is 0.315. The van der Waals surface area contributed by atoms with E-state index in [1.54, 1.807) is 13.0 Å². The summed E-state index contributed by atoms with van der Waals surface area (Å²) >= 11 is 6.36. The highest BCUT2D eigenvalue weighted by Gasteiger charge is 2.15. The number of hydrogen-bond donors (Lipinski definition) is 0. The van der Waals surface area contributed by atoms with Crippen molar-refractivity contribution in [3.63, 3.8) is 0 Å². The van der Waals surface area contributed by atoms with E-state index in [1.165, 1.54) is 0 Å². The Morgan fingerprint density at radius 2 is 2.00 bits per heavy atom. The number of ether oxygens (including phenoxy) is 1. The number of aryl methyl sites for hydroxylation is 1. The first-order chi connectivity index (χ1) is 12.6. The molecule has 3 aromatic rings. The number of hydrogen-bond acceptors (Lipinski definition) is 3. The van der Waals surface area contributed by atoms with Crippen LogP contribution >= 0.6 is 11.6 Å². The van der Waals surface area contributed by atoms with E-state index in [0.29, 0.717) is 18.7 Å². The highest BCUT2D eigenvalue weighted by molar-refractivity contribution is 6.31. The molecule has 0 spiro atoms. The van der Waals surface area contributed by atoms with Gasteiger partial charge in [0.1, 0.15) is 5.82 Å². The van der Waals surface area contributed by atoms with Crippen LogP contribution in [0, 0.1) is 0 Å². The van der Waals surface area contributed by atoms with Crippen molar-refractivity contribution >= 4 is 28.6 Å². The van der Waals surface area contributed by atoms with Gasteiger partial charge in [-0.25, -0.2) is 9.78 Å². The van der Waals surface area contributed by atoms with Crippen molar-refractivity contribution in [2.75, 3.05) is 6.61 Å². The van der Waals surface area contributed by atoms with Crippen molar-refractivity contribution in [3.05, 3.63) is 64.4 Å². The van der Waals surface area contributed by atoms with Crippen LogP contribution in [0.2, 0.25) is 5.02 Å². The van der Waals surface area contributed by atoms with Gasteiger partial charge in [0.05, 0.1) is 29.7 Å². The van der Waals surface area contributed by atoms with Gasteiger partial charge >= 0.3 is 5.97 Å². The molecular formula is C21H23ClN2O2. The summed E-state index contributed by atoms with van der Waals surface area (Å²) in [5.41, 5.74) is 3.40. The number of esters is 1. The molecule has 1 heterocycles. The molecule has 0 saturated carbocycles. The minimum Gasteiger partial charge on any atom is -0.462 e. The van der Waals surface area contributed by atoms with Crippen molar-refractivity contribution in [3.8, 4) is 0 Å². The molecule has 4 nitrogen and oxygen atoms in total. The van der Waals surface area contributed by atoms with Gasteiger partial charge in [0, 0.05) is 11.4 Å². The average molecular weight is 371 g/mol. The van der Waals surface area contributed by atoms with Gasteiger partial charge in [0.25, 0.3) is 0 Å². The quantitative estimate of drug-likeness (QED) is 0.533. The first kappa shape index (κ1) is 18.5. The third-order valence-electron chi connectivity index (χ3n) is 4.38. The van der Waals surface area contributed by atoms with Crippen LogP contribution in [0.4, 0.5) is 0 Å². The molecule has 0 fully saturated rings. The van der Waals surface area contributed by atoms with Crippen molar-refractivity contribution in [2.45, 2.75) is 39.7 Å². The summed E-state index contributed by atoms with van der Waals surface area (Å²) in [4.78, 5) is 16.8. The predicted molar refractivity (Wildman–Crippen MR) is 105 cm³/mol. The number of halogens is 1. The topological polar surface area (TPSA) is 44.1 Å². The standard InChI is InChI=1S/C21H23ClN2O2/c1-3-5-10-20-23-18-13-15(21(25)26-4-2)11-12-19(18)24(20)14-16-8-6-7-9-17(16)22/h6-9,11-13H,3-5,10,14H2,1-2H3. The summed E-state index contributed by atoms with van der Waals surface area (Å²) in [6.45, 7) is 4.99. The molecule has 0 amide bonds. The van der Waals surface area contributed by atoms with E-state index < -0.39 is 0 Å². The largest absolute Gasteiger partial charge is 0.462 e. The maximum atomic E-state index is 12.0. The van der Waals surface area contributed by atoms with Crippen molar-refractivity contribution < 1.29 is 9.53 Å². The second-order valence-electron chi connectivity index (χ2n) is 6.23. The number of aromatic nitrogens is 2. The van der Waals surface area contributed by atoms with E-state index in [2.05, 4.69) is 11.5 Å². The summed E-state index contributed by atoms with van der Waals surface area (Å²) < 4.78 is 7.29. The number of carbonyl (C=O) groups excluding carboxylic acids is 1. The van der Waals surface area contributed by atoms with Crippen molar-refractivity contribution in [1.29, 1.82) is 0 Å². The molecule has 0 aliphatic rings. The lowest BCUT2D eigenvalue weighted by molar-refractivity contribution is 0.0526. The first-order valence-corrected chi connectivity index (χ1v) is 9.41. The van der Waals surface area contributed by atoms with Gasteiger partial charge in [-0.1, -0.05) is 43.1 Å². The fourth-order valence-corrected chi connectivity index (χ4v) is 3.22. The Balaban J connectivity index is 2.03. The van der Waals surface area contributed by atoms with Gasteiger partial charge in [-0.2, -0.15) is 0 Å². The van der Waals surface area contributed by atoms with Crippen LogP contribution < -0.4 is 0 Å². The Bertz CT molecular complexity index is 918. The zero-order valence-corrected chi connectivity index (χ0v) is 15.9. The lowest BCUT2D eigenvalue weighted by Crippen LogP contribution is -2.06. The second kappa shape index (κ2) is 8.37. The molecule has 0 saturated heterocycles. The molecule has 0 radical (unpaired) electrons. The second-order valence-corrected chi connectivity index (χ2v) is 6.64. The fraction of sp³-hybridized carbons (Fsp3) is 0.333. The third kappa shape index (κ3) is 3.91. The van der Waals surface area contributed by atoms with E-state index >= 15 is 0 Å². The zero-order chi connectivity index (χ0) is 18.5. The molecule has 0 N–H and O–H groups in total. The normalized spacial score (nSPS) is 11.0. The summed E-state index contributed by atoms with van der Waals surface area (Å²) in [5, 5.41) is 0.749. The average Bonchev–Trinajstić information content (AvgIpc) is 2.98. The number of rotatable bonds is 7. The Morgan fingerprint density at radius 3 is 2.73 bits per heavy atom. The van der Waals surface area contributed by atoms with Gasteiger partial charge in [-0.3, -0.25) is 0 Å². The number of imidazole rings is 1. The number of nitrogens with zero attached hydrogens (tertiary/aromatic N) is 2. The van der Waals surface area contributed by atoms with Crippen LogP contribution in [-0.4, -0.2) is 22.1 Å². The molecular weight excluding hydrogens is 348 g/mol. The van der Waals surface area contributed by atoms with Crippen LogP contribution in [0.25, 0.3) is 11.0 Å². The Hall–Kier alpha value is -2.33. The van der Waals surface area contributed by atoms with Crippen LogP contribution in [0.1, 0.15) is 48.4 Å². The van der Waals surface area contributed by atoms with Crippen LogP contribution in [0.15, 0.2) is 42.5 Å². The summed E-state index contributed by atoms with van der Waals surface area (Å²) in [5.74, 6) is 0.702. The van der Waals surface area contributed by atoms with E-state index in [-0.39, 0.29) is 5.97 Å². The summed E-state index contributed by atoms with van der Waals surface area (Å²) in [6.07, 6.45) is 3.06. The molecule has 0 aliphatic heterocycles. The van der Waals surface area contributed by atoms with Crippen LogP contribution in [0.5, 0.6) is 0 Å². The fourth-order valence-electron chi connectivity index (χ4n) is 3.02. The molecule has 136 valence electrons. The monoisotopic (exact) mass is 370 g/mol. The molecule has 26 heavy (non-hydrogen) atoms. The maximum Gasteiger partial charge on any atom is 0.338 e. The van der Waals surface area contributed by atoms with Crippen LogP contribution in [-0.2, 0) is 17.7 Å². The van der Waals surface area contributed by atoms with Gasteiger partial charge in [0.15, 0.2) is 0 Å². The lowest BCUT2D eigenvalue weighted by Gasteiger charge is -2.11. The Labute approximate surface area is 158 Å². The van der Waals surface area contributed by atoms with Gasteiger partial charge in [0.2, 0.25) is 0 Å². The van der Waals surface area contributed by atoms with E-state index in [4.69, 9.17) is 21.3 Å². The summed E-state index contributed by atoms with van der Waals surface area (Å²) in [6, 6.07) is 13.4. The Morgan fingerprint density at radius 1 is 1.19 bits per heavy atom. The molecule has 0 bridgehead atoms. The summed E-state index contributed by atoms with van der Waals surface area (Å²) in [7, 11) is 0. The Kier molecular flexibility index (Phi) is 5.94. The molecule has 2 aromatic carbocycles. The number of unbranched alkanes of at least 4 members (excludes halogenated alkanes) is 1. The van der Waals surface area contributed by atoms with Crippen molar-refractivity contribution in [2.24, 2.45) is 0 Å². The molecule has 3 rings (SSSR count). The minimum atomic E-state index is -0.315. The maximum absolute atomic E-state index is 12.0. The molecule has 0 atom stereocenters. The first-order valence-electron chi connectivity index (χ1n) is 9.03. The van der Waals surface area contributed by atoms with Crippen molar-refractivity contribution in [1.82, 2.24) is 9.55 Å². The number of carbonyl (C=O) groups is 1. The van der Waals surface area contributed by atoms with Gasteiger partial charge in [-0.05, 0) is 43.2 Å². The van der Waals surface area contributed by atoms with Gasteiger partial charge < -0.3 is 9.30 Å². The van der Waals surface area contributed by atoms with Crippen LogP contribution in [0.3, 0.4) is 0 Å². The molecule has 0 aliphatic carbocycles. The molecule has 1 aromatic heterocycles. The highest BCUT2D eigenvalue weighted by Crippen LogP contribution is 2.24.